The molecule has 0 bridgehead atoms. The van der Waals surface area contributed by atoms with Gasteiger partial charge < -0.3 is 15.1 Å². The zero-order valence-corrected chi connectivity index (χ0v) is 13.0. The molecule has 0 aliphatic carbocycles. The quantitative estimate of drug-likeness (QED) is 0.776. The Morgan fingerprint density at radius 3 is 2.64 bits per heavy atom. The number of amides is 4. The molecule has 2 rings (SSSR count). The van der Waals surface area contributed by atoms with Gasteiger partial charge in [0.1, 0.15) is 12.3 Å². The highest BCUT2D eigenvalue weighted by Crippen LogP contribution is 2.28. The maximum absolute atomic E-state index is 12.5. The zero-order valence-electron chi connectivity index (χ0n) is 13.0. The number of hydrogen-bond acceptors (Lipinski definition) is 4. The van der Waals surface area contributed by atoms with Crippen LogP contribution in [0.5, 0.6) is 0 Å². The molecular weight excluding hydrogens is 286 g/mol. The number of carbonyl (C=O) groups is 3. The number of imide groups is 1. The van der Waals surface area contributed by atoms with Crippen molar-refractivity contribution in [3.63, 3.8) is 0 Å². The van der Waals surface area contributed by atoms with Gasteiger partial charge in [-0.1, -0.05) is 13.8 Å². The smallest absolute Gasteiger partial charge is 0.325 e. The van der Waals surface area contributed by atoms with Gasteiger partial charge in [0.2, 0.25) is 5.91 Å². The Morgan fingerprint density at radius 1 is 1.41 bits per heavy atom. The first-order valence-corrected chi connectivity index (χ1v) is 7.39. The lowest BCUT2D eigenvalue weighted by Gasteiger charge is -2.20. The van der Waals surface area contributed by atoms with Gasteiger partial charge in [-0.2, -0.15) is 0 Å². The van der Waals surface area contributed by atoms with Gasteiger partial charge in [-0.3, -0.25) is 14.5 Å². The van der Waals surface area contributed by atoms with Crippen LogP contribution in [0, 0.1) is 0 Å². The van der Waals surface area contributed by atoms with E-state index in [4.69, 9.17) is 4.42 Å². The fourth-order valence-corrected chi connectivity index (χ4v) is 2.48. The molecule has 0 unspecified atom stereocenters. The van der Waals surface area contributed by atoms with E-state index in [0.29, 0.717) is 5.76 Å². The van der Waals surface area contributed by atoms with Crippen LogP contribution in [0.4, 0.5) is 4.79 Å². The van der Waals surface area contributed by atoms with Gasteiger partial charge in [0.25, 0.3) is 5.91 Å². The van der Waals surface area contributed by atoms with Gasteiger partial charge in [-0.25, -0.2) is 4.79 Å². The third-order valence-corrected chi connectivity index (χ3v) is 3.94. The van der Waals surface area contributed by atoms with Crippen molar-refractivity contribution in [2.75, 3.05) is 6.54 Å². The highest BCUT2D eigenvalue weighted by atomic mass is 16.3. The summed E-state index contributed by atoms with van der Waals surface area (Å²) in [6, 6.07) is 2.71. The van der Waals surface area contributed by atoms with Gasteiger partial charge in [-0.15, -0.1) is 0 Å². The number of nitrogens with one attached hydrogen (secondary N) is 2. The second-order valence-corrected chi connectivity index (χ2v) is 5.50. The molecule has 1 saturated heterocycles. The van der Waals surface area contributed by atoms with E-state index in [-0.39, 0.29) is 18.5 Å². The monoisotopic (exact) mass is 307 g/mol. The van der Waals surface area contributed by atoms with Gasteiger partial charge >= 0.3 is 6.03 Å². The minimum Gasteiger partial charge on any atom is -0.466 e. The van der Waals surface area contributed by atoms with E-state index < -0.39 is 17.5 Å². The Kier molecular flexibility index (Phi) is 4.54. The van der Waals surface area contributed by atoms with Crippen LogP contribution >= 0.6 is 0 Å². The molecule has 0 spiro atoms. The molecule has 2 N–H and O–H groups in total. The van der Waals surface area contributed by atoms with Crippen molar-refractivity contribution in [1.82, 2.24) is 15.5 Å². The Morgan fingerprint density at radius 2 is 2.09 bits per heavy atom. The molecule has 120 valence electrons. The molecule has 1 aromatic rings. The molecule has 1 fully saturated rings. The molecule has 1 aliphatic rings. The molecule has 2 heterocycles. The number of furan rings is 1. The molecule has 1 atom stereocenters. The Bertz CT molecular complexity index is 565. The number of carbonyl (C=O) groups excluding carboxylic acids is 3. The average molecular weight is 307 g/mol. The summed E-state index contributed by atoms with van der Waals surface area (Å²) in [5.74, 6) is -0.498. The van der Waals surface area contributed by atoms with Crippen LogP contribution in [0.2, 0.25) is 0 Å². The summed E-state index contributed by atoms with van der Waals surface area (Å²) in [6.45, 7) is 5.20. The van der Waals surface area contributed by atoms with Crippen molar-refractivity contribution in [3.05, 3.63) is 24.2 Å². The Hall–Kier alpha value is -2.31. The van der Waals surface area contributed by atoms with E-state index in [1.165, 1.54) is 6.26 Å². The minimum atomic E-state index is -1.27. The van der Waals surface area contributed by atoms with Gasteiger partial charge in [-0.05, 0) is 31.9 Å². The normalized spacial score (nSPS) is 21.4. The summed E-state index contributed by atoms with van der Waals surface area (Å²) in [7, 11) is 0. The number of nitrogens with zero attached hydrogens (tertiary/aromatic N) is 1. The van der Waals surface area contributed by atoms with E-state index >= 15 is 0 Å². The van der Waals surface area contributed by atoms with Gasteiger partial charge in [0.05, 0.1) is 6.26 Å². The molecule has 0 aromatic carbocycles. The SMILES string of the molecule is CCC(CC)NC(=O)CN1C(=O)N[C@](C)(c2ccco2)C1=O. The molecule has 7 heteroatoms. The van der Waals surface area contributed by atoms with Crippen molar-refractivity contribution in [2.24, 2.45) is 0 Å². The molecule has 22 heavy (non-hydrogen) atoms. The lowest BCUT2D eigenvalue weighted by molar-refractivity contribution is -0.135. The van der Waals surface area contributed by atoms with E-state index in [2.05, 4.69) is 10.6 Å². The van der Waals surface area contributed by atoms with E-state index in [1.54, 1.807) is 19.1 Å². The van der Waals surface area contributed by atoms with Crippen molar-refractivity contribution in [1.29, 1.82) is 0 Å². The molecule has 1 aliphatic heterocycles. The maximum Gasteiger partial charge on any atom is 0.325 e. The van der Waals surface area contributed by atoms with Crippen LogP contribution in [-0.2, 0) is 15.1 Å². The molecular formula is C15H21N3O4. The summed E-state index contributed by atoms with van der Waals surface area (Å²) >= 11 is 0. The summed E-state index contributed by atoms with van der Waals surface area (Å²) < 4.78 is 5.23. The van der Waals surface area contributed by atoms with Gasteiger partial charge in [0, 0.05) is 6.04 Å². The highest BCUT2D eigenvalue weighted by molar-refractivity contribution is 6.08. The number of rotatable bonds is 6. The topological polar surface area (TPSA) is 91.7 Å². The van der Waals surface area contributed by atoms with Crippen LogP contribution in [0.3, 0.4) is 0 Å². The van der Waals surface area contributed by atoms with E-state index in [0.717, 1.165) is 17.7 Å². The largest absolute Gasteiger partial charge is 0.466 e. The van der Waals surface area contributed by atoms with Crippen molar-refractivity contribution >= 4 is 17.8 Å². The molecule has 0 radical (unpaired) electrons. The second kappa shape index (κ2) is 6.21. The maximum atomic E-state index is 12.5. The Balaban J connectivity index is 2.08. The highest BCUT2D eigenvalue weighted by Gasteiger charge is 2.51. The van der Waals surface area contributed by atoms with E-state index in [1.807, 2.05) is 13.8 Å². The molecule has 4 amide bonds. The third kappa shape index (κ3) is 2.84. The second-order valence-electron chi connectivity index (χ2n) is 5.50. The van der Waals surface area contributed by atoms with Crippen LogP contribution in [0.25, 0.3) is 0 Å². The predicted octanol–water partition coefficient (Wildman–Crippen LogP) is 1.35. The van der Waals surface area contributed by atoms with Crippen LogP contribution in [0.15, 0.2) is 22.8 Å². The lowest BCUT2D eigenvalue weighted by atomic mass is 9.99. The first-order valence-electron chi connectivity index (χ1n) is 7.39. The lowest BCUT2D eigenvalue weighted by Crippen LogP contribution is -2.45. The standard InChI is InChI=1S/C15H21N3O4/c1-4-10(5-2)16-12(19)9-18-13(20)15(3,17-14(18)21)11-7-6-8-22-11/h6-8,10H,4-5,9H2,1-3H3,(H,16,19)(H,17,21)/t15-/m1/s1. The first kappa shape index (κ1) is 16.1. The predicted molar refractivity (Wildman–Crippen MR) is 78.8 cm³/mol. The number of hydrogen-bond donors (Lipinski definition) is 2. The zero-order chi connectivity index (χ0) is 16.3. The summed E-state index contributed by atoms with van der Waals surface area (Å²) in [5, 5.41) is 5.39. The first-order chi connectivity index (χ1) is 10.4. The van der Waals surface area contributed by atoms with Crippen molar-refractivity contribution < 1.29 is 18.8 Å². The Labute approximate surface area is 129 Å². The summed E-state index contributed by atoms with van der Waals surface area (Å²) in [6.07, 6.45) is 3.03. The van der Waals surface area contributed by atoms with E-state index in [9.17, 15) is 14.4 Å². The van der Waals surface area contributed by atoms with Gasteiger partial charge in [0.15, 0.2) is 5.54 Å². The van der Waals surface area contributed by atoms with Crippen LogP contribution < -0.4 is 10.6 Å². The molecule has 7 nitrogen and oxygen atoms in total. The number of urea groups is 1. The summed E-state index contributed by atoms with van der Waals surface area (Å²) in [5.41, 5.74) is -1.27. The average Bonchev–Trinajstić information content (AvgIpc) is 3.09. The van der Waals surface area contributed by atoms with Crippen molar-refractivity contribution in [3.8, 4) is 0 Å². The van der Waals surface area contributed by atoms with Crippen molar-refractivity contribution in [2.45, 2.75) is 45.2 Å². The molecule has 0 saturated carbocycles. The fraction of sp³-hybridized carbons (Fsp3) is 0.533. The summed E-state index contributed by atoms with van der Waals surface area (Å²) in [4.78, 5) is 37.5. The minimum absolute atomic E-state index is 0.0460. The molecule has 1 aromatic heterocycles. The third-order valence-electron chi connectivity index (χ3n) is 3.94. The van der Waals surface area contributed by atoms with Crippen LogP contribution in [0.1, 0.15) is 39.4 Å². The van der Waals surface area contributed by atoms with Crippen LogP contribution in [-0.4, -0.2) is 35.3 Å². The fourth-order valence-electron chi connectivity index (χ4n) is 2.48.